The Kier molecular flexibility index (Phi) is 5.58. The van der Waals surface area contributed by atoms with Crippen LogP contribution in [0.1, 0.15) is 23.4 Å². The van der Waals surface area contributed by atoms with E-state index >= 15 is 0 Å². The van der Waals surface area contributed by atoms with Crippen molar-refractivity contribution in [3.8, 4) is 10.7 Å². The quantitative estimate of drug-likeness (QED) is 0.496. The molecule has 142 valence electrons. The molecule has 0 saturated heterocycles. The summed E-state index contributed by atoms with van der Waals surface area (Å²) in [6.45, 7) is 1.28. The Hall–Kier alpha value is -3.26. The third-order valence-corrected chi connectivity index (χ3v) is 5.08. The largest absolute Gasteiger partial charge is 0.352 e. The second-order valence-electron chi connectivity index (χ2n) is 6.32. The first kappa shape index (κ1) is 18.1. The van der Waals surface area contributed by atoms with Crippen LogP contribution in [0.15, 0.2) is 65.0 Å². The summed E-state index contributed by atoms with van der Waals surface area (Å²) in [6.07, 6.45) is 6.22. The second kappa shape index (κ2) is 8.62. The number of imidazole rings is 1. The molecule has 3 heterocycles. The van der Waals surface area contributed by atoms with Crippen LogP contribution < -0.4 is 5.32 Å². The molecule has 0 unspecified atom stereocenters. The highest BCUT2D eigenvalue weighted by molar-refractivity contribution is 7.13. The molecule has 0 saturated carbocycles. The number of aryl methyl sites for hydroxylation is 1. The summed E-state index contributed by atoms with van der Waals surface area (Å²) >= 11 is 1.55. The first-order chi connectivity index (χ1) is 13.8. The zero-order valence-electron chi connectivity index (χ0n) is 15.1. The Morgan fingerprint density at radius 2 is 2.04 bits per heavy atom. The van der Waals surface area contributed by atoms with E-state index in [4.69, 9.17) is 4.52 Å². The van der Waals surface area contributed by atoms with Crippen LogP contribution >= 0.6 is 11.3 Å². The van der Waals surface area contributed by atoms with Crippen LogP contribution in [0.3, 0.4) is 0 Å². The van der Waals surface area contributed by atoms with Gasteiger partial charge in [0.25, 0.3) is 0 Å². The number of nitrogens with zero attached hydrogens (tertiary/aromatic N) is 4. The van der Waals surface area contributed by atoms with Gasteiger partial charge in [-0.2, -0.15) is 4.98 Å². The lowest BCUT2D eigenvalue weighted by molar-refractivity contribution is -0.121. The molecule has 1 aromatic carbocycles. The van der Waals surface area contributed by atoms with Gasteiger partial charge in [-0.25, -0.2) is 4.98 Å². The molecule has 1 amide bonds. The smallest absolute Gasteiger partial charge is 0.227 e. The summed E-state index contributed by atoms with van der Waals surface area (Å²) in [5.41, 5.74) is 2.24. The predicted octanol–water partition coefficient (Wildman–Crippen LogP) is 3.29. The van der Waals surface area contributed by atoms with Crippen molar-refractivity contribution in [1.82, 2.24) is 25.0 Å². The minimum atomic E-state index is -0.0432. The highest BCUT2D eigenvalue weighted by Crippen LogP contribution is 2.21. The summed E-state index contributed by atoms with van der Waals surface area (Å²) in [7, 11) is 0. The van der Waals surface area contributed by atoms with E-state index in [0.717, 1.165) is 17.0 Å². The van der Waals surface area contributed by atoms with E-state index in [-0.39, 0.29) is 5.91 Å². The highest BCUT2D eigenvalue weighted by Gasteiger charge is 2.11. The SMILES string of the molecule is O=C(CCc1nc(-c2cccs2)no1)NCc1ccc(Cn2ccnc2)cc1. The number of rotatable bonds is 8. The van der Waals surface area contributed by atoms with Crippen molar-refractivity contribution in [1.29, 1.82) is 0 Å². The van der Waals surface area contributed by atoms with E-state index in [1.165, 1.54) is 5.56 Å². The molecule has 7 nitrogen and oxygen atoms in total. The molecule has 0 aliphatic carbocycles. The van der Waals surface area contributed by atoms with Crippen molar-refractivity contribution in [2.24, 2.45) is 0 Å². The summed E-state index contributed by atoms with van der Waals surface area (Å²) in [5, 5.41) is 8.84. The summed E-state index contributed by atoms with van der Waals surface area (Å²) < 4.78 is 7.23. The summed E-state index contributed by atoms with van der Waals surface area (Å²) in [4.78, 5) is 21.4. The van der Waals surface area contributed by atoms with Crippen molar-refractivity contribution >= 4 is 17.2 Å². The number of amides is 1. The minimum absolute atomic E-state index is 0.0432. The van der Waals surface area contributed by atoms with Gasteiger partial charge in [0.1, 0.15) is 0 Å². The number of hydrogen-bond donors (Lipinski definition) is 1. The first-order valence-electron chi connectivity index (χ1n) is 8.93. The normalized spacial score (nSPS) is 10.9. The molecule has 0 bridgehead atoms. The van der Waals surface area contributed by atoms with Gasteiger partial charge in [0, 0.05) is 38.3 Å². The average Bonchev–Trinajstić information content (AvgIpc) is 3.48. The van der Waals surface area contributed by atoms with Crippen LogP contribution in [-0.4, -0.2) is 25.6 Å². The fourth-order valence-electron chi connectivity index (χ4n) is 2.73. The fourth-order valence-corrected chi connectivity index (χ4v) is 3.37. The van der Waals surface area contributed by atoms with E-state index in [9.17, 15) is 4.79 Å². The molecule has 4 aromatic rings. The van der Waals surface area contributed by atoms with E-state index < -0.39 is 0 Å². The summed E-state index contributed by atoms with van der Waals surface area (Å²) in [5.74, 6) is 1.00. The van der Waals surface area contributed by atoms with Gasteiger partial charge in [0.15, 0.2) is 0 Å². The van der Waals surface area contributed by atoms with Crippen molar-refractivity contribution in [2.45, 2.75) is 25.9 Å². The van der Waals surface area contributed by atoms with E-state index in [0.29, 0.717) is 31.1 Å². The standard InChI is InChI=1S/C20H19N5O2S/c26-18(7-8-19-23-20(24-27-19)17-2-1-11-28-17)22-12-15-3-5-16(6-4-15)13-25-10-9-21-14-25/h1-6,9-11,14H,7-8,12-13H2,(H,22,26). The lowest BCUT2D eigenvalue weighted by atomic mass is 10.1. The molecule has 0 radical (unpaired) electrons. The topological polar surface area (TPSA) is 85.8 Å². The average molecular weight is 393 g/mol. The Labute approximate surface area is 166 Å². The first-order valence-corrected chi connectivity index (χ1v) is 9.81. The monoisotopic (exact) mass is 393 g/mol. The molecule has 0 aliphatic rings. The molecule has 0 spiro atoms. The predicted molar refractivity (Wildman–Crippen MR) is 106 cm³/mol. The van der Waals surface area contributed by atoms with Gasteiger partial charge in [-0.3, -0.25) is 4.79 Å². The van der Waals surface area contributed by atoms with Gasteiger partial charge in [-0.15, -0.1) is 11.3 Å². The minimum Gasteiger partial charge on any atom is -0.352 e. The number of benzene rings is 1. The maximum Gasteiger partial charge on any atom is 0.227 e. The fraction of sp³-hybridized carbons (Fsp3) is 0.200. The van der Waals surface area contributed by atoms with Crippen LogP contribution in [0.2, 0.25) is 0 Å². The van der Waals surface area contributed by atoms with Crippen molar-refractivity contribution in [2.75, 3.05) is 0 Å². The molecule has 8 heteroatoms. The van der Waals surface area contributed by atoms with Crippen LogP contribution in [0.25, 0.3) is 10.7 Å². The molecule has 3 aromatic heterocycles. The Morgan fingerprint density at radius 1 is 1.18 bits per heavy atom. The highest BCUT2D eigenvalue weighted by atomic mass is 32.1. The molecule has 0 atom stereocenters. The Morgan fingerprint density at radius 3 is 2.79 bits per heavy atom. The van der Waals surface area contributed by atoms with Gasteiger partial charge in [-0.05, 0) is 22.6 Å². The third-order valence-electron chi connectivity index (χ3n) is 4.21. The van der Waals surface area contributed by atoms with Crippen molar-refractivity contribution in [3.05, 3.63) is 77.5 Å². The van der Waals surface area contributed by atoms with E-state index in [1.54, 1.807) is 23.9 Å². The van der Waals surface area contributed by atoms with Crippen molar-refractivity contribution in [3.63, 3.8) is 0 Å². The lowest BCUT2D eigenvalue weighted by Gasteiger charge is -2.07. The maximum absolute atomic E-state index is 12.1. The van der Waals surface area contributed by atoms with Crippen LogP contribution in [-0.2, 0) is 24.3 Å². The van der Waals surface area contributed by atoms with Crippen LogP contribution in [0, 0.1) is 0 Å². The van der Waals surface area contributed by atoms with Crippen LogP contribution in [0.5, 0.6) is 0 Å². The molecule has 0 fully saturated rings. The Balaban J connectivity index is 1.22. The molecular formula is C20H19N5O2S. The lowest BCUT2D eigenvalue weighted by Crippen LogP contribution is -2.23. The molecule has 28 heavy (non-hydrogen) atoms. The molecule has 0 aliphatic heterocycles. The zero-order chi connectivity index (χ0) is 19.2. The number of carbonyl (C=O) groups excluding carboxylic acids is 1. The summed E-state index contributed by atoms with van der Waals surface area (Å²) in [6, 6.07) is 12.0. The zero-order valence-corrected chi connectivity index (χ0v) is 15.9. The number of nitrogens with one attached hydrogen (secondary N) is 1. The number of hydrogen-bond acceptors (Lipinski definition) is 6. The van der Waals surface area contributed by atoms with Crippen LogP contribution in [0.4, 0.5) is 0 Å². The molecular weight excluding hydrogens is 374 g/mol. The van der Waals surface area contributed by atoms with E-state index in [2.05, 4.69) is 32.6 Å². The molecule has 4 rings (SSSR count). The van der Waals surface area contributed by atoms with Crippen molar-refractivity contribution < 1.29 is 9.32 Å². The Bertz CT molecular complexity index is 1010. The van der Waals surface area contributed by atoms with Gasteiger partial charge in [0.2, 0.25) is 17.6 Å². The number of carbonyl (C=O) groups is 1. The third kappa shape index (κ3) is 4.72. The second-order valence-corrected chi connectivity index (χ2v) is 7.26. The van der Waals surface area contributed by atoms with Gasteiger partial charge in [-0.1, -0.05) is 35.5 Å². The van der Waals surface area contributed by atoms with Gasteiger partial charge in [0.05, 0.1) is 11.2 Å². The van der Waals surface area contributed by atoms with Gasteiger partial charge >= 0.3 is 0 Å². The van der Waals surface area contributed by atoms with Gasteiger partial charge < -0.3 is 14.4 Å². The van der Waals surface area contributed by atoms with E-state index in [1.807, 2.05) is 40.4 Å². The molecule has 1 N–H and O–H groups in total. The number of thiophene rings is 1. The number of aromatic nitrogens is 4. The maximum atomic E-state index is 12.1.